The number of ether oxygens (including phenoxy) is 2. The number of fused-ring (bicyclic) bond motifs is 1. The summed E-state index contributed by atoms with van der Waals surface area (Å²) in [5, 5.41) is 0.986. The maximum atomic E-state index is 13.8. The molecule has 4 aromatic rings. The van der Waals surface area contributed by atoms with E-state index >= 15 is 0 Å². The van der Waals surface area contributed by atoms with E-state index in [-0.39, 0.29) is 11.5 Å². The topological polar surface area (TPSA) is 73.7 Å². The van der Waals surface area contributed by atoms with E-state index < -0.39 is 6.04 Å². The summed E-state index contributed by atoms with van der Waals surface area (Å²) < 4.78 is 12.3. The summed E-state index contributed by atoms with van der Waals surface area (Å²) in [6.45, 7) is 4.26. The maximum absolute atomic E-state index is 13.8. The minimum Gasteiger partial charge on any atom is -0.497 e. The monoisotopic (exact) mass is 505 g/mol. The third kappa shape index (κ3) is 4.66. The normalized spacial score (nSPS) is 11.8. The summed E-state index contributed by atoms with van der Waals surface area (Å²) in [6, 6.07) is 18.9. The molecule has 0 aliphatic heterocycles. The summed E-state index contributed by atoms with van der Waals surface area (Å²) in [6.07, 6.45) is 0.531. The Labute approximate surface area is 214 Å². The van der Waals surface area contributed by atoms with Crippen molar-refractivity contribution in [1.82, 2.24) is 14.5 Å². The number of carbonyl (C=O) groups excluding carboxylic acids is 1. The minimum atomic E-state index is -0.495. The van der Waals surface area contributed by atoms with Crippen molar-refractivity contribution in [2.45, 2.75) is 26.3 Å². The van der Waals surface area contributed by atoms with Gasteiger partial charge in [-0.15, -0.1) is 0 Å². The van der Waals surface area contributed by atoms with E-state index in [2.05, 4.69) is 0 Å². The van der Waals surface area contributed by atoms with Gasteiger partial charge in [-0.3, -0.25) is 14.2 Å². The average molecular weight is 506 g/mol. The van der Waals surface area contributed by atoms with E-state index in [4.69, 9.17) is 26.1 Å². The molecule has 4 rings (SSSR count). The molecule has 0 fully saturated rings. The Bertz CT molecular complexity index is 1470. The van der Waals surface area contributed by atoms with Crippen molar-refractivity contribution in [2.24, 2.45) is 0 Å². The molecule has 8 heteroatoms. The van der Waals surface area contributed by atoms with Crippen molar-refractivity contribution in [3.8, 4) is 17.2 Å². The predicted octanol–water partition coefficient (Wildman–Crippen LogP) is 5.67. The zero-order valence-electron chi connectivity index (χ0n) is 20.7. The van der Waals surface area contributed by atoms with Crippen molar-refractivity contribution in [2.75, 3.05) is 20.8 Å². The number of halogens is 1. The number of methoxy groups -OCH3 is 2. The van der Waals surface area contributed by atoms with Crippen molar-refractivity contribution >= 4 is 28.4 Å². The standard InChI is InChI=1S/C28H28ClN3O4/c1-5-24(31(6-2)27(33)22-15-14-20(35-3)17-25(22)36-4)26-30-23-13-8-7-12-21(23)28(34)32(26)19-11-9-10-18(29)16-19/h7-17,24H,5-6H2,1-4H3. The molecule has 0 aliphatic carbocycles. The summed E-state index contributed by atoms with van der Waals surface area (Å²) in [5.41, 5.74) is 1.34. The molecule has 0 radical (unpaired) electrons. The van der Waals surface area contributed by atoms with Gasteiger partial charge < -0.3 is 14.4 Å². The zero-order chi connectivity index (χ0) is 25.8. The first kappa shape index (κ1) is 25.3. The fourth-order valence-corrected chi connectivity index (χ4v) is 4.60. The molecular weight excluding hydrogens is 478 g/mol. The Morgan fingerprint density at radius 3 is 2.47 bits per heavy atom. The lowest BCUT2D eigenvalue weighted by Gasteiger charge is -2.32. The number of para-hydroxylation sites is 1. The van der Waals surface area contributed by atoms with Gasteiger partial charge in [0.25, 0.3) is 11.5 Å². The quantitative estimate of drug-likeness (QED) is 0.308. The van der Waals surface area contributed by atoms with E-state index in [1.54, 1.807) is 65.1 Å². The Morgan fingerprint density at radius 2 is 1.81 bits per heavy atom. The van der Waals surface area contributed by atoms with E-state index in [1.807, 2.05) is 32.0 Å². The van der Waals surface area contributed by atoms with Crippen LogP contribution in [-0.4, -0.2) is 41.1 Å². The number of aromatic nitrogens is 2. The SMILES string of the molecule is CCC(c1nc2ccccc2c(=O)n1-c1cccc(Cl)c1)N(CC)C(=O)c1ccc(OC)cc1OC. The highest BCUT2D eigenvalue weighted by atomic mass is 35.5. The molecule has 3 aromatic carbocycles. The van der Waals surface area contributed by atoms with Gasteiger partial charge in [-0.1, -0.05) is 36.7 Å². The third-order valence-corrected chi connectivity index (χ3v) is 6.40. The largest absolute Gasteiger partial charge is 0.497 e. The van der Waals surface area contributed by atoms with Gasteiger partial charge >= 0.3 is 0 Å². The molecular formula is C28H28ClN3O4. The van der Waals surface area contributed by atoms with Crippen LogP contribution < -0.4 is 15.0 Å². The van der Waals surface area contributed by atoms with E-state index in [1.165, 1.54) is 7.11 Å². The molecule has 1 aromatic heterocycles. The molecule has 1 unspecified atom stereocenters. The molecule has 1 atom stereocenters. The van der Waals surface area contributed by atoms with Crippen LogP contribution in [0.5, 0.6) is 11.5 Å². The number of benzene rings is 3. The first-order chi connectivity index (χ1) is 17.4. The second-order valence-electron chi connectivity index (χ2n) is 8.19. The second-order valence-corrected chi connectivity index (χ2v) is 8.63. The van der Waals surface area contributed by atoms with Crippen molar-refractivity contribution in [3.05, 3.63) is 93.5 Å². The minimum absolute atomic E-state index is 0.221. The molecule has 1 heterocycles. The Kier molecular flexibility index (Phi) is 7.60. The molecule has 36 heavy (non-hydrogen) atoms. The van der Waals surface area contributed by atoms with Crippen LogP contribution in [0, 0.1) is 0 Å². The van der Waals surface area contributed by atoms with Crippen LogP contribution in [0.1, 0.15) is 42.5 Å². The van der Waals surface area contributed by atoms with E-state index in [0.29, 0.717) is 57.5 Å². The molecule has 0 bridgehead atoms. The summed E-state index contributed by atoms with van der Waals surface area (Å²) in [5.74, 6) is 1.23. The van der Waals surface area contributed by atoms with Crippen LogP contribution in [0.25, 0.3) is 16.6 Å². The fourth-order valence-electron chi connectivity index (χ4n) is 4.42. The van der Waals surface area contributed by atoms with Gasteiger partial charge in [0.05, 0.1) is 42.4 Å². The van der Waals surface area contributed by atoms with Crippen molar-refractivity contribution < 1.29 is 14.3 Å². The number of amides is 1. The fraction of sp³-hybridized carbons (Fsp3) is 0.250. The van der Waals surface area contributed by atoms with Gasteiger partial charge in [0.15, 0.2) is 0 Å². The van der Waals surface area contributed by atoms with Crippen LogP contribution in [0.3, 0.4) is 0 Å². The number of hydrogen-bond acceptors (Lipinski definition) is 5. The maximum Gasteiger partial charge on any atom is 0.266 e. The Balaban J connectivity index is 1.92. The number of nitrogens with zero attached hydrogens (tertiary/aromatic N) is 3. The molecule has 0 saturated carbocycles. The van der Waals surface area contributed by atoms with Crippen LogP contribution in [0.2, 0.25) is 5.02 Å². The van der Waals surface area contributed by atoms with Crippen LogP contribution in [0.4, 0.5) is 0 Å². The van der Waals surface area contributed by atoms with Crippen LogP contribution in [-0.2, 0) is 0 Å². The lowest BCUT2D eigenvalue weighted by Crippen LogP contribution is -2.38. The lowest BCUT2D eigenvalue weighted by atomic mass is 10.1. The number of carbonyl (C=O) groups is 1. The Morgan fingerprint density at radius 1 is 1.03 bits per heavy atom. The zero-order valence-corrected chi connectivity index (χ0v) is 21.5. The number of rotatable bonds is 8. The average Bonchev–Trinajstić information content (AvgIpc) is 2.90. The van der Waals surface area contributed by atoms with E-state index in [0.717, 1.165) is 0 Å². The molecule has 0 aliphatic rings. The predicted molar refractivity (Wildman–Crippen MR) is 142 cm³/mol. The molecule has 0 N–H and O–H groups in total. The van der Waals surface area contributed by atoms with E-state index in [9.17, 15) is 9.59 Å². The van der Waals surface area contributed by atoms with Crippen LogP contribution in [0.15, 0.2) is 71.5 Å². The highest BCUT2D eigenvalue weighted by Crippen LogP contribution is 2.31. The smallest absolute Gasteiger partial charge is 0.266 e. The lowest BCUT2D eigenvalue weighted by molar-refractivity contribution is 0.0668. The first-order valence-corrected chi connectivity index (χ1v) is 12.1. The van der Waals surface area contributed by atoms with Crippen LogP contribution >= 0.6 is 11.6 Å². The molecule has 1 amide bonds. The van der Waals surface area contributed by atoms with Gasteiger partial charge in [0.2, 0.25) is 0 Å². The van der Waals surface area contributed by atoms with Crippen molar-refractivity contribution in [3.63, 3.8) is 0 Å². The van der Waals surface area contributed by atoms with Gasteiger partial charge in [-0.05, 0) is 55.8 Å². The first-order valence-electron chi connectivity index (χ1n) is 11.7. The molecule has 0 saturated heterocycles. The third-order valence-electron chi connectivity index (χ3n) is 6.17. The van der Waals surface area contributed by atoms with Gasteiger partial charge in [-0.25, -0.2) is 4.98 Å². The summed E-state index contributed by atoms with van der Waals surface area (Å²) >= 11 is 6.29. The summed E-state index contributed by atoms with van der Waals surface area (Å²) in [7, 11) is 3.07. The number of hydrogen-bond donors (Lipinski definition) is 0. The van der Waals surface area contributed by atoms with Gasteiger partial charge in [-0.2, -0.15) is 0 Å². The molecule has 186 valence electrons. The highest BCUT2D eigenvalue weighted by Gasteiger charge is 2.30. The highest BCUT2D eigenvalue weighted by molar-refractivity contribution is 6.30. The molecule has 7 nitrogen and oxygen atoms in total. The van der Waals surface area contributed by atoms with Gasteiger partial charge in [0, 0.05) is 17.6 Å². The van der Waals surface area contributed by atoms with Crippen molar-refractivity contribution in [1.29, 1.82) is 0 Å². The molecule has 0 spiro atoms. The van der Waals surface area contributed by atoms with Gasteiger partial charge in [0.1, 0.15) is 17.3 Å². The summed E-state index contributed by atoms with van der Waals surface area (Å²) in [4.78, 5) is 34.2. The Hall–Kier alpha value is -3.84. The second kappa shape index (κ2) is 10.8.